The zero-order valence-corrected chi connectivity index (χ0v) is 6.63. The molecule has 0 saturated heterocycles. The van der Waals surface area contributed by atoms with E-state index in [0.29, 0.717) is 12.2 Å². The van der Waals surface area contributed by atoms with Crippen molar-refractivity contribution in [3.8, 4) is 5.75 Å². The quantitative estimate of drug-likeness (QED) is 0.601. The average Bonchev–Trinajstić information content (AvgIpc) is 1.95. The van der Waals surface area contributed by atoms with Crippen LogP contribution in [0, 0.1) is 13.8 Å². The van der Waals surface area contributed by atoms with E-state index in [1.54, 1.807) is 6.07 Å². The summed E-state index contributed by atoms with van der Waals surface area (Å²) in [5.74, 6) is 0.630. The van der Waals surface area contributed by atoms with Crippen molar-refractivity contribution in [2.75, 3.05) is 0 Å². The molecule has 0 N–H and O–H groups in total. The Kier molecular flexibility index (Phi) is 2.26. The Bertz CT molecular complexity index is 266. The Morgan fingerprint density at radius 3 is 2.64 bits per heavy atom. The Labute approximate surface area is 65.8 Å². The molecule has 0 aliphatic rings. The van der Waals surface area contributed by atoms with E-state index in [0.717, 1.165) is 5.56 Å². The SMILES string of the molecule is Cc1ccc(OC=O)c(C)c1. The smallest absolute Gasteiger partial charge is 0.298 e. The minimum absolute atomic E-state index is 0.442. The van der Waals surface area contributed by atoms with Gasteiger partial charge in [0.25, 0.3) is 6.47 Å². The molecule has 2 heteroatoms. The van der Waals surface area contributed by atoms with Crippen LogP contribution in [0.2, 0.25) is 0 Å². The van der Waals surface area contributed by atoms with Crippen molar-refractivity contribution in [1.82, 2.24) is 0 Å². The second-order valence-corrected chi connectivity index (χ2v) is 2.48. The van der Waals surface area contributed by atoms with Crippen LogP contribution in [0.4, 0.5) is 0 Å². The van der Waals surface area contributed by atoms with Gasteiger partial charge in [-0.25, -0.2) is 0 Å². The average molecular weight is 150 g/mol. The van der Waals surface area contributed by atoms with Crippen molar-refractivity contribution in [1.29, 1.82) is 0 Å². The molecule has 0 amide bonds. The minimum Gasteiger partial charge on any atom is -0.428 e. The Balaban J connectivity index is 2.98. The van der Waals surface area contributed by atoms with Crippen LogP contribution in [0.5, 0.6) is 5.75 Å². The van der Waals surface area contributed by atoms with Crippen LogP contribution >= 0.6 is 0 Å². The molecule has 11 heavy (non-hydrogen) atoms. The number of carbonyl (C=O) groups excluding carboxylic acids is 1. The summed E-state index contributed by atoms with van der Waals surface area (Å²) < 4.78 is 4.71. The Morgan fingerprint density at radius 1 is 1.36 bits per heavy atom. The molecule has 0 spiro atoms. The Morgan fingerprint density at radius 2 is 2.09 bits per heavy atom. The van der Waals surface area contributed by atoms with Gasteiger partial charge in [-0.2, -0.15) is 0 Å². The first-order chi connectivity index (χ1) is 5.24. The van der Waals surface area contributed by atoms with E-state index in [1.807, 2.05) is 26.0 Å². The van der Waals surface area contributed by atoms with Gasteiger partial charge >= 0.3 is 0 Å². The standard InChI is InChI=1S/C9H10O2/c1-7-3-4-9(11-6-10)8(2)5-7/h3-6H,1-2H3. The van der Waals surface area contributed by atoms with Crippen molar-refractivity contribution in [2.24, 2.45) is 0 Å². The predicted molar refractivity (Wildman–Crippen MR) is 42.6 cm³/mol. The normalized spacial score (nSPS) is 9.27. The molecular formula is C9H10O2. The van der Waals surface area contributed by atoms with E-state index in [9.17, 15) is 4.79 Å². The number of carbonyl (C=O) groups is 1. The van der Waals surface area contributed by atoms with Crippen LogP contribution in [-0.2, 0) is 4.79 Å². The highest BCUT2D eigenvalue weighted by Crippen LogP contribution is 2.17. The first-order valence-electron chi connectivity index (χ1n) is 3.41. The molecule has 0 aromatic heterocycles. The highest BCUT2D eigenvalue weighted by atomic mass is 16.5. The van der Waals surface area contributed by atoms with Crippen LogP contribution in [0.25, 0.3) is 0 Å². The predicted octanol–water partition coefficient (Wildman–Crippen LogP) is 1.84. The van der Waals surface area contributed by atoms with E-state index in [2.05, 4.69) is 0 Å². The number of hydrogen-bond acceptors (Lipinski definition) is 2. The summed E-state index contributed by atoms with van der Waals surface area (Å²) in [5, 5.41) is 0. The second-order valence-electron chi connectivity index (χ2n) is 2.48. The van der Waals surface area contributed by atoms with Gasteiger partial charge < -0.3 is 4.74 Å². The fourth-order valence-corrected chi connectivity index (χ4v) is 0.983. The molecule has 1 aromatic carbocycles. The lowest BCUT2D eigenvalue weighted by Gasteiger charge is -2.02. The molecule has 0 fully saturated rings. The first kappa shape index (κ1) is 7.79. The molecule has 2 nitrogen and oxygen atoms in total. The molecule has 1 aromatic rings. The summed E-state index contributed by atoms with van der Waals surface area (Å²) >= 11 is 0. The first-order valence-corrected chi connectivity index (χ1v) is 3.41. The van der Waals surface area contributed by atoms with Gasteiger partial charge in [0.05, 0.1) is 0 Å². The summed E-state index contributed by atoms with van der Waals surface area (Å²) in [6, 6.07) is 5.67. The summed E-state index contributed by atoms with van der Waals surface area (Å²) in [6.45, 7) is 4.35. The highest BCUT2D eigenvalue weighted by Gasteiger charge is 1.96. The third-order valence-corrected chi connectivity index (χ3v) is 1.51. The fourth-order valence-electron chi connectivity index (χ4n) is 0.983. The van der Waals surface area contributed by atoms with Gasteiger partial charge in [-0.1, -0.05) is 17.7 Å². The van der Waals surface area contributed by atoms with Gasteiger partial charge in [0.15, 0.2) is 0 Å². The number of aryl methyl sites for hydroxylation is 2. The maximum absolute atomic E-state index is 9.99. The molecule has 0 aliphatic carbocycles. The molecule has 58 valence electrons. The number of ether oxygens (including phenoxy) is 1. The van der Waals surface area contributed by atoms with Crippen molar-refractivity contribution in [3.63, 3.8) is 0 Å². The van der Waals surface area contributed by atoms with Gasteiger partial charge in [0, 0.05) is 0 Å². The second kappa shape index (κ2) is 3.19. The third kappa shape index (κ3) is 1.80. The van der Waals surface area contributed by atoms with E-state index >= 15 is 0 Å². The van der Waals surface area contributed by atoms with Crippen LogP contribution < -0.4 is 4.74 Å². The molecule has 0 radical (unpaired) electrons. The molecular weight excluding hydrogens is 140 g/mol. The Hall–Kier alpha value is -1.31. The number of benzene rings is 1. The van der Waals surface area contributed by atoms with Crippen molar-refractivity contribution < 1.29 is 9.53 Å². The van der Waals surface area contributed by atoms with Gasteiger partial charge in [-0.3, -0.25) is 4.79 Å². The summed E-state index contributed by atoms with van der Waals surface area (Å²) in [5.41, 5.74) is 2.15. The molecule has 0 aliphatic heterocycles. The van der Waals surface area contributed by atoms with Gasteiger partial charge in [0.1, 0.15) is 5.75 Å². The molecule has 1 rings (SSSR count). The van der Waals surface area contributed by atoms with Crippen LogP contribution in [-0.4, -0.2) is 6.47 Å². The maximum atomic E-state index is 9.99. The van der Waals surface area contributed by atoms with E-state index in [-0.39, 0.29) is 0 Å². The lowest BCUT2D eigenvalue weighted by atomic mass is 10.1. The third-order valence-electron chi connectivity index (χ3n) is 1.51. The largest absolute Gasteiger partial charge is 0.428 e. The summed E-state index contributed by atoms with van der Waals surface area (Å²) in [4.78, 5) is 9.99. The molecule has 0 atom stereocenters. The zero-order valence-electron chi connectivity index (χ0n) is 6.63. The van der Waals surface area contributed by atoms with Crippen molar-refractivity contribution in [2.45, 2.75) is 13.8 Å². The number of hydrogen-bond donors (Lipinski definition) is 0. The lowest BCUT2D eigenvalue weighted by Crippen LogP contribution is -1.91. The summed E-state index contributed by atoms with van der Waals surface area (Å²) in [6.07, 6.45) is 0. The van der Waals surface area contributed by atoms with Crippen LogP contribution in [0.15, 0.2) is 18.2 Å². The van der Waals surface area contributed by atoms with Crippen molar-refractivity contribution >= 4 is 6.47 Å². The number of rotatable bonds is 2. The van der Waals surface area contributed by atoms with Crippen molar-refractivity contribution in [3.05, 3.63) is 29.3 Å². The van der Waals surface area contributed by atoms with E-state index < -0.39 is 0 Å². The molecule has 0 saturated carbocycles. The van der Waals surface area contributed by atoms with Crippen LogP contribution in [0.1, 0.15) is 11.1 Å². The van der Waals surface area contributed by atoms with E-state index in [1.165, 1.54) is 5.56 Å². The summed E-state index contributed by atoms with van der Waals surface area (Å²) in [7, 11) is 0. The minimum atomic E-state index is 0.442. The van der Waals surface area contributed by atoms with Gasteiger partial charge in [-0.15, -0.1) is 0 Å². The lowest BCUT2D eigenvalue weighted by molar-refractivity contribution is -0.120. The molecule has 0 bridgehead atoms. The van der Waals surface area contributed by atoms with E-state index in [4.69, 9.17) is 4.74 Å². The van der Waals surface area contributed by atoms with Gasteiger partial charge in [-0.05, 0) is 25.5 Å². The zero-order chi connectivity index (χ0) is 8.27. The highest BCUT2D eigenvalue weighted by molar-refractivity contribution is 5.48. The topological polar surface area (TPSA) is 26.3 Å². The maximum Gasteiger partial charge on any atom is 0.298 e. The van der Waals surface area contributed by atoms with Crippen LogP contribution in [0.3, 0.4) is 0 Å². The fraction of sp³-hybridized carbons (Fsp3) is 0.222. The van der Waals surface area contributed by atoms with Gasteiger partial charge in [0.2, 0.25) is 0 Å². The molecule has 0 unspecified atom stereocenters. The monoisotopic (exact) mass is 150 g/mol. The molecule has 0 heterocycles.